The Bertz CT molecular complexity index is 1320. The number of ether oxygens (including phenoxy) is 1. The van der Waals surface area contributed by atoms with E-state index in [4.69, 9.17) is 21.4 Å². The number of aromatic nitrogens is 1. The van der Waals surface area contributed by atoms with Crippen LogP contribution in [0.4, 0.5) is 24.2 Å². The highest BCUT2D eigenvalue weighted by Gasteiger charge is 2.25. The van der Waals surface area contributed by atoms with Gasteiger partial charge >= 0.3 is 12.1 Å². The van der Waals surface area contributed by atoms with Crippen molar-refractivity contribution in [1.82, 2.24) is 20.5 Å². The maximum Gasteiger partial charge on any atom is 0.412 e. The van der Waals surface area contributed by atoms with E-state index in [-0.39, 0.29) is 37.0 Å². The summed E-state index contributed by atoms with van der Waals surface area (Å²) in [7, 11) is 1.41. The van der Waals surface area contributed by atoms with Gasteiger partial charge in [0.05, 0.1) is 23.8 Å². The van der Waals surface area contributed by atoms with E-state index in [1.807, 2.05) is 0 Å². The molecule has 40 heavy (non-hydrogen) atoms. The number of aliphatic hydroxyl groups is 3. The topological polar surface area (TPSA) is 156 Å². The summed E-state index contributed by atoms with van der Waals surface area (Å²) in [6.07, 6.45) is -1.95. The van der Waals surface area contributed by atoms with E-state index in [9.17, 15) is 28.6 Å². The van der Waals surface area contributed by atoms with E-state index in [0.29, 0.717) is 16.3 Å². The van der Waals surface area contributed by atoms with Crippen LogP contribution in [0.15, 0.2) is 48.7 Å². The quantitative estimate of drug-likeness (QED) is 0.178. The first-order valence-corrected chi connectivity index (χ1v) is 12.6. The van der Waals surface area contributed by atoms with Crippen molar-refractivity contribution >= 4 is 40.3 Å². The second-order valence-electron chi connectivity index (χ2n) is 8.92. The first kappa shape index (κ1) is 30.9. The van der Waals surface area contributed by atoms with Crippen LogP contribution in [0.5, 0.6) is 0 Å². The van der Waals surface area contributed by atoms with Crippen molar-refractivity contribution < 1.29 is 38.4 Å². The Hall–Kier alpha value is -3.62. The maximum atomic E-state index is 13.7. The summed E-state index contributed by atoms with van der Waals surface area (Å²) in [6, 6.07) is 8.27. The molecule has 1 heterocycles. The van der Waals surface area contributed by atoms with Crippen LogP contribution >= 0.6 is 11.6 Å². The monoisotopic (exact) mass is 581 g/mol. The van der Waals surface area contributed by atoms with E-state index in [0.717, 1.165) is 0 Å². The van der Waals surface area contributed by atoms with Crippen LogP contribution in [0.2, 0.25) is 5.02 Å². The lowest BCUT2D eigenvalue weighted by molar-refractivity contribution is 0.0429. The predicted molar refractivity (Wildman–Crippen MR) is 144 cm³/mol. The minimum atomic E-state index is -1.25. The lowest BCUT2D eigenvalue weighted by Crippen LogP contribution is -2.49. The molecule has 3 rings (SSSR count). The molecule has 216 valence electrons. The SMILES string of the molecule is CN(C(=O)NCc1cccc(F)c1Cl)[C@H](COC(=O)Nc1cc2cc(F)ccc2cn1)CC(O)NCC(O)CO. The fourth-order valence-electron chi connectivity index (χ4n) is 3.65. The van der Waals surface area contributed by atoms with Gasteiger partial charge in [-0.1, -0.05) is 23.7 Å². The molecular formula is C26H30ClF2N5O6. The van der Waals surface area contributed by atoms with Crippen molar-refractivity contribution in [3.05, 3.63) is 70.9 Å². The number of aliphatic hydroxyl groups excluding tert-OH is 3. The number of carbonyl (C=O) groups is 2. The molecule has 0 bridgehead atoms. The van der Waals surface area contributed by atoms with Gasteiger partial charge in [-0.2, -0.15) is 0 Å². The molecule has 0 spiro atoms. The van der Waals surface area contributed by atoms with Gasteiger partial charge in [0, 0.05) is 38.1 Å². The highest BCUT2D eigenvalue weighted by Crippen LogP contribution is 2.20. The number of halogens is 3. The molecule has 0 saturated carbocycles. The molecule has 0 saturated heterocycles. The lowest BCUT2D eigenvalue weighted by atomic mass is 10.1. The van der Waals surface area contributed by atoms with Crippen molar-refractivity contribution in [3.63, 3.8) is 0 Å². The zero-order valence-corrected chi connectivity index (χ0v) is 22.2. The van der Waals surface area contributed by atoms with E-state index in [1.165, 1.54) is 48.5 Å². The molecule has 14 heteroatoms. The molecular weight excluding hydrogens is 552 g/mol. The van der Waals surface area contributed by atoms with E-state index < -0.39 is 48.7 Å². The number of pyridine rings is 1. The number of hydrogen-bond donors (Lipinski definition) is 6. The van der Waals surface area contributed by atoms with Crippen molar-refractivity contribution in [2.45, 2.75) is 31.3 Å². The second-order valence-corrected chi connectivity index (χ2v) is 9.29. The van der Waals surface area contributed by atoms with Gasteiger partial charge in [-0.3, -0.25) is 10.6 Å². The number of carbonyl (C=O) groups excluding carboxylic acids is 2. The van der Waals surface area contributed by atoms with Crippen LogP contribution in [0.3, 0.4) is 0 Å². The van der Waals surface area contributed by atoms with E-state index in [1.54, 1.807) is 12.1 Å². The van der Waals surface area contributed by atoms with E-state index >= 15 is 0 Å². The Kier molecular flexibility index (Phi) is 11.3. The van der Waals surface area contributed by atoms with Gasteiger partial charge in [-0.15, -0.1) is 0 Å². The Morgan fingerprint density at radius 2 is 1.93 bits per heavy atom. The summed E-state index contributed by atoms with van der Waals surface area (Å²) in [4.78, 5) is 30.6. The van der Waals surface area contributed by atoms with Gasteiger partial charge in [0.1, 0.15) is 30.3 Å². The molecule has 0 fully saturated rings. The third kappa shape index (κ3) is 8.96. The zero-order chi connectivity index (χ0) is 29.2. The summed E-state index contributed by atoms with van der Waals surface area (Å²) in [6.45, 7) is -1.10. The molecule has 0 aliphatic carbocycles. The molecule has 0 radical (unpaired) electrons. The molecule has 6 N–H and O–H groups in total. The summed E-state index contributed by atoms with van der Waals surface area (Å²) in [5, 5.41) is 37.5. The number of hydrogen-bond acceptors (Lipinski definition) is 8. The normalized spacial score (nSPS) is 13.4. The fourth-order valence-corrected chi connectivity index (χ4v) is 3.85. The van der Waals surface area contributed by atoms with Gasteiger partial charge in [-0.05, 0) is 41.3 Å². The number of amides is 3. The molecule has 2 aromatic carbocycles. The number of nitrogens with zero attached hydrogens (tertiary/aromatic N) is 2. The number of urea groups is 1. The Labute approximate surface area is 233 Å². The van der Waals surface area contributed by atoms with Crippen LogP contribution < -0.4 is 16.0 Å². The lowest BCUT2D eigenvalue weighted by Gasteiger charge is -2.30. The number of rotatable bonds is 12. The molecule has 3 atom stereocenters. The molecule has 11 nitrogen and oxygen atoms in total. The average molecular weight is 582 g/mol. The van der Waals surface area contributed by atoms with Crippen molar-refractivity contribution in [1.29, 1.82) is 0 Å². The molecule has 3 aromatic rings. The Morgan fingerprint density at radius 1 is 1.15 bits per heavy atom. The van der Waals surface area contributed by atoms with Gasteiger partial charge in [0.15, 0.2) is 0 Å². The van der Waals surface area contributed by atoms with Crippen molar-refractivity contribution in [3.8, 4) is 0 Å². The summed E-state index contributed by atoms with van der Waals surface area (Å²) < 4.78 is 32.5. The number of nitrogens with one attached hydrogen (secondary N) is 3. The minimum absolute atomic E-state index is 0.0917. The first-order chi connectivity index (χ1) is 19.1. The third-order valence-corrected chi connectivity index (χ3v) is 6.37. The van der Waals surface area contributed by atoms with Crippen LogP contribution in [0.25, 0.3) is 10.8 Å². The number of benzene rings is 2. The molecule has 0 aliphatic heterocycles. The third-order valence-electron chi connectivity index (χ3n) is 5.95. The smallest absolute Gasteiger partial charge is 0.412 e. The van der Waals surface area contributed by atoms with Crippen LogP contribution in [0, 0.1) is 11.6 Å². The number of likely N-dealkylation sites (N-methyl/N-ethyl adjacent to an activating group) is 1. The van der Waals surface area contributed by atoms with Gasteiger partial charge < -0.3 is 30.3 Å². The predicted octanol–water partition coefficient (Wildman–Crippen LogP) is 2.58. The molecule has 1 aromatic heterocycles. The second kappa shape index (κ2) is 14.7. The minimum Gasteiger partial charge on any atom is -0.447 e. The van der Waals surface area contributed by atoms with Crippen molar-refractivity contribution in [2.24, 2.45) is 0 Å². The van der Waals surface area contributed by atoms with Crippen molar-refractivity contribution in [2.75, 3.05) is 32.1 Å². The van der Waals surface area contributed by atoms with E-state index in [2.05, 4.69) is 20.9 Å². The maximum absolute atomic E-state index is 13.7. The molecule has 0 aliphatic rings. The van der Waals surface area contributed by atoms with Gasteiger partial charge in [0.2, 0.25) is 0 Å². The number of anilines is 1. The summed E-state index contributed by atoms with van der Waals surface area (Å²) >= 11 is 5.94. The Balaban J connectivity index is 1.64. The van der Waals surface area contributed by atoms with Gasteiger partial charge in [0.25, 0.3) is 0 Å². The average Bonchev–Trinajstić information content (AvgIpc) is 2.93. The first-order valence-electron chi connectivity index (χ1n) is 12.2. The van der Waals surface area contributed by atoms with Crippen LogP contribution in [-0.4, -0.2) is 82.5 Å². The molecule has 2 unspecified atom stereocenters. The highest BCUT2D eigenvalue weighted by atomic mass is 35.5. The highest BCUT2D eigenvalue weighted by molar-refractivity contribution is 6.31. The summed E-state index contributed by atoms with van der Waals surface area (Å²) in [5.74, 6) is -0.975. The number of fused-ring (bicyclic) bond motifs is 1. The standard InChI is InChI=1S/C26H30ClF2N5O6/c1-34(25(38)32-11-16-3-2-4-21(29)24(16)27)19(9-23(37)31-12-20(36)13-35)14-40-26(39)33-22-8-17-7-18(28)6-5-15(17)10-30-22/h2-8,10,19-20,23,31,35-37H,9,11-14H2,1H3,(H,32,38)(H,30,33,39)/t19-,20?,23?/m0/s1. The Morgan fingerprint density at radius 3 is 2.67 bits per heavy atom. The summed E-state index contributed by atoms with van der Waals surface area (Å²) in [5.41, 5.74) is 0.345. The molecule has 3 amide bonds. The van der Waals surface area contributed by atoms with Gasteiger partial charge in [-0.25, -0.2) is 23.4 Å². The largest absolute Gasteiger partial charge is 0.447 e. The fraction of sp³-hybridized carbons (Fsp3) is 0.346. The van der Waals surface area contributed by atoms with Crippen LogP contribution in [-0.2, 0) is 11.3 Å². The van der Waals surface area contributed by atoms with Crippen LogP contribution in [0.1, 0.15) is 12.0 Å². The zero-order valence-electron chi connectivity index (χ0n) is 21.5.